The number of hydrogen-bond acceptors (Lipinski definition) is 1. The first-order valence-electron chi connectivity index (χ1n) is 6.57. The van der Waals surface area contributed by atoms with Crippen LogP contribution in [0.5, 0.6) is 0 Å². The number of hydrogen-bond donors (Lipinski definition) is 0. The van der Waals surface area contributed by atoms with Crippen molar-refractivity contribution < 1.29 is 8.78 Å². The second-order valence-corrected chi connectivity index (χ2v) is 5.02. The van der Waals surface area contributed by atoms with E-state index in [0.29, 0.717) is 5.56 Å². The first kappa shape index (κ1) is 13.0. The summed E-state index contributed by atoms with van der Waals surface area (Å²) in [5.74, 6) is -1.42. The molecule has 96 valence electrons. The van der Waals surface area contributed by atoms with Gasteiger partial charge in [-0.3, -0.25) is 0 Å². The quantitative estimate of drug-likeness (QED) is 0.706. The molecule has 0 amide bonds. The van der Waals surface area contributed by atoms with Gasteiger partial charge in [-0.2, -0.15) is 5.26 Å². The Morgan fingerprint density at radius 1 is 1.11 bits per heavy atom. The minimum atomic E-state index is -0.592. The van der Waals surface area contributed by atoms with Crippen molar-refractivity contribution in [2.24, 2.45) is 5.92 Å². The standard InChI is InChI=1S/C15H17F2N/c16-12-7-8-13(15(17)9-12)14(10-18)11-5-3-1-2-4-6-11/h7-9,11,14H,1-6H2. The van der Waals surface area contributed by atoms with E-state index in [1.165, 1.54) is 25.0 Å². The SMILES string of the molecule is N#CC(c1ccc(F)cc1F)C1CCCCCC1. The Hall–Kier alpha value is -1.43. The first-order valence-corrected chi connectivity index (χ1v) is 6.57. The minimum Gasteiger partial charge on any atom is -0.207 e. The third-order valence-corrected chi connectivity index (χ3v) is 3.81. The van der Waals surface area contributed by atoms with Crippen LogP contribution in [0.1, 0.15) is 50.0 Å². The Labute approximate surface area is 106 Å². The van der Waals surface area contributed by atoms with Crippen molar-refractivity contribution in [3.63, 3.8) is 0 Å². The molecule has 1 saturated carbocycles. The minimum absolute atomic E-state index is 0.206. The van der Waals surface area contributed by atoms with Crippen LogP contribution in [-0.2, 0) is 0 Å². The molecule has 1 unspecified atom stereocenters. The Bertz CT molecular complexity index is 442. The van der Waals surface area contributed by atoms with Crippen molar-refractivity contribution in [3.05, 3.63) is 35.4 Å². The Balaban J connectivity index is 2.24. The molecular weight excluding hydrogens is 232 g/mol. The third kappa shape index (κ3) is 2.87. The molecule has 1 aliphatic carbocycles. The second kappa shape index (κ2) is 5.95. The lowest BCUT2D eigenvalue weighted by atomic mass is 9.82. The van der Waals surface area contributed by atoms with Gasteiger partial charge in [-0.15, -0.1) is 0 Å². The summed E-state index contributed by atoms with van der Waals surface area (Å²) in [6, 6.07) is 5.74. The van der Waals surface area contributed by atoms with Crippen molar-refractivity contribution in [2.45, 2.75) is 44.4 Å². The van der Waals surface area contributed by atoms with Gasteiger partial charge in [-0.05, 0) is 24.8 Å². The molecular formula is C15H17F2N. The largest absolute Gasteiger partial charge is 0.207 e. The highest BCUT2D eigenvalue weighted by Gasteiger charge is 2.26. The summed E-state index contributed by atoms with van der Waals surface area (Å²) in [7, 11) is 0. The van der Waals surface area contributed by atoms with E-state index in [1.807, 2.05) is 0 Å². The van der Waals surface area contributed by atoms with Crippen LogP contribution in [0, 0.1) is 28.9 Å². The molecule has 0 radical (unpaired) electrons. The molecule has 0 spiro atoms. The molecule has 1 aliphatic rings. The van der Waals surface area contributed by atoms with E-state index in [9.17, 15) is 14.0 Å². The highest BCUT2D eigenvalue weighted by molar-refractivity contribution is 5.28. The van der Waals surface area contributed by atoms with Gasteiger partial charge in [0.15, 0.2) is 0 Å². The fraction of sp³-hybridized carbons (Fsp3) is 0.533. The van der Waals surface area contributed by atoms with E-state index in [0.717, 1.165) is 31.7 Å². The fourth-order valence-corrected chi connectivity index (χ4v) is 2.83. The maximum atomic E-state index is 13.8. The average Bonchev–Trinajstić information content (AvgIpc) is 2.62. The van der Waals surface area contributed by atoms with Crippen LogP contribution < -0.4 is 0 Å². The Kier molecular flexibility index (Phi) is 4.30. The summed E-state index contributed by atoms with van der Waals surface area (Å²) in [5.41, 5.74) is 0.353. The maximum Gasteiger partial charge on any atom is 0.130 e. The van der Waals surface area contributed by atoms with Crippen LogP contribution in [0.2, 0.25) is 0 Å². The van der Waals surface area contributed by atoms with Gasteiger partial charge in [0, 0.05) is 11.6 Å². The molecule has 0 bridgehead atoms. The molecule has 1 aromatic carbocycles. The molecule has 1 fully saturated rings. The number of benzene rings is 1. The molecule has 1 nitrogen and oxygen atoms in total. The maximum absolute atomic E-state index is 13.8. The van der Waals surface area contributed by atoms with E-state index in [1.54, 1.807) is 0 Å². The van der Waals surface area contributed by atoms with E-state index >= 15 is 0 Å². The van der Waals surface area contributed by atoms with Crippen LogP contribution >= 0.6 is 0 Å². The molecule has 0 saturated heterocycles. The van der Waals surface area contributed by atoms with Gasteiger partial charge < -0.3 is 0 Å². The molecule has 18 heavy (non-hydrogen) atoms. The van der Waals surface area contributed by atoms with Crippen LogP contribution in [0.4, 0.5) is 8.78 Å². The Morgan fingerprint density at radius 2 is 1.78 bits per heavy atom. The van der Waals surface area contributed by atoms with Gasteiger partial charge in [0.1, 0.15) is 11.6 Å². The summed E-state index contributed by atoms with van der Waals surface area (Å²) < 4.78 is 26.7. The van der Waals surface area contributed by atoms with Gasteiger partial charge in [0.05, 0.1) is 12.0 Å². The predicted molar refractivity (Wildman–Crippen MR) is 65.9 cm³/mol. The van der Waals surface area contributed by atoms with Crippen molar-refractivity contribution in [1.29, 1.82) is 5.26 Å². The lowest BCUT2D eigenvalue weighted by Crippen LogP contribution is -2.12. The Morgan fingerprint density at radius 3 is 2.33 bits per heavy atom. The summed E-state index contributed by atoms with van der Waals surface area (Å²) in [5, 5.41) is 9.31. The normalized spacial score (nSPS) is 18.9. The molecule has 1 aromatic rings. The van der Waals surface area contributed by atoms with Crippen molar-refractivity contribution in [1.82, 2.24) is 0 Å². The number of nitrogens with zero attached hydrogens (tertiary/aromatic N) is 1. The van der Waals surface area contributed by atoms with Crippen molar-refractivity contribution in [2.75, 3.05) is 0 Å². The zero-order chi connectivity index (χ0) is 13.0. The third-order valence-electron chi connectivity index (χ3n) is 3.81. The molecule has 1 atom stereocenters. The monoisotopic (exact) mass is 249 g/mol. The summed E-state index contributed by atoms with van der Waals surface area (Å²) in [4.78, 5) is 0. The van der Waals surface area contributed by atoms with Crippen molar-refractivity contribution in [3.8, 4) is 6.07 Å². The number of halogens is 2. The molecule has 0 aliphatic heterocycles. The molecule has 3 heteroatoms. The molecule has 0 heterocycles. The van der Waals surface area contributed by atoms with Crippen LogP contribution in [0.3, 0.4) is 0 Å². The van der Waals surface area contributed by atoms with Crippen LogP contribution in [-0.4, -0.2) is 0 Å². The zero-order valence-corrected chi connectivity index (χ0v) is 10.3. The van der Waals surface area contributed by atoms with Gasteiger partial charge in [0.2, 0.25) is 0 Å². The van der Waals surface area contributed by atoms with Gasteiger partial charge in [0.25, 0.3) is 0 Å². The average molecular weight is 249 g/mol. The number of nitriles is 1. The van der Waals surface area contributed by atoms with Gasteiger partial charge >= 0.3 is 0 Å². The lowest BCUT2D eigenvalue weighted by Gasteiger charge is -2.20. The van der Waals surface area contributed by atoms with Gasteiger partial charge in [-0.1, -0.05) is 31.7 Å². The lowest BCUT2D eigenvalue weighted by molar-refractivity contribution is 0.413. The smallest absolute Gasteiger partial charge is 0.130 e. The fourth-order valence-electron chi connectivity index (χ4n) is 2.83. The highest BCUT2D eigenvalue weighted by atomic mass is 19.1. The van der Waals surface area contributed by atoms with Crippen LogP contribution in [0.25, 0.3) is 0 Å². The number of rotatable bonds is 2. The summed E-state index contributed by atoms with van der Waals surface area (Å²) >= 11 is 0. The van der Waals surface area contributed by atoms with E-state index in [4.69, 9.17) is 0 Å². The molecule has 0 aromatic heterocycles. The summed E-state index contributed by atoms with van der Waals surface area (Å²) in [6.07, 6.45) is 6.53. The molecule has 0 N–H and O–H groups in total. The van der Waals surface area contributed by atoms with E-state index < -0.39 is 17.6 Å². The topological polar surface area (TPSA) is 23.8 Å². The van der Waals surface area contributed by atoms with E-state index in [2.05, 4.69) is 6.07 Å². The van der Waals surface area contributed by atoms with Gasteiger partial charge in [-0.25, -0.2) is 8.78 Å². The predicted octanol–water partition coefficient (Wildman–Crippen LogP) is 4.54. The zero-order valence-electron chi connectivity index (χ0n) is 10.3. The second-order valence-electron chi connectivity index (χ2n) is 5.02. The van der Waals surface area contributed by atoms with Crippen LogP contribution in [0.15, 0.2) is 18.2 Å². The first-order chi connectivity index (χ1) is 8.72. The summed E-state index contributed by atoms with van der Waals surface area (Å²) in [6.45, 7) is 0. The van der Waals surface area contributed by atoms with E-state index in [-0.39, 0.29) is 5.92 Å². The highest BCUT2D eigenvalue weighted by Crippen LogP contribution is 2.35. The van der Waals surface area contributed by atoms with Crippen molar-refractivity contribution >= 4 is 0 Å². The molecule has 2 rings (SSSR count).